The van der Waals surface area contributed by atoms with Crippen LogP contribution in [-0.4, -0.2) is 46.5 Å². The molecule has 0 unspecified atom stereocenters. The van der Waals surface area contributed by atoms with E-state index in [4.69, 9.17) is 9.47 Å². The van der Waals surface area contributed by atoms with Gasteiger partial charge >= 0.3 is 5.97 Å². The molecule has 0 heterocycles. The number of amides is 2. The number of sulfonamides is 1. The zero-order chi connectivity index (χ0) is 22.1. The van der Waals surface area contributed by atoms with Gasteiger partial charge in [0.2, 0.25) is 10.0 Å². The number of para-hydroxylation sites is 1. The van der Waals surface area contributed by atoms with Crippen LogP contribution in [0.15, 0.2) is 53.4 Å². The molecule has 10 heteroatoms. The number of esters is 1. The monoisotopic (exact) mass is 434 g/mol. The first-order valence-electron chi connectivity index (χ1n) is 8.92. The van der Waals surface area contributed by atoms with Gasteiger partial charge in [0, 0.05) is 6.54 Å². The largest absolute Gasteiger partial charge is 0.496 e. The third-order valence-corrected chi connectivity index (χ3v) is 5.40. The predicted octanol–water partition coefficient (Wildman–Crippen LogP) is 1.17. The number of hydrogen-bond acceptors (Lipinski definition) is 7. The van der Waals surface area contributed by atoms with Crippen LogP contribution in [0, 0.1) is 6.92 Å². The predicted molar refractivity (Wildman–Crippen MR) is 107 cm³/mol. The van der Waals surface area contributed by atoms with Gasteiger partial charge in [-0.3, -0.25) is 19.7 Å². The number of methoxy groups -OCH3 is 1. The number of ether oxygens (including phenoxy) is 2. The molecule has 0 saturated carbocycles. The maximum Gasteiger partial charge on any atom is 0.307 e. The Morgan fingerprint density at radius 1 is 1.00 bits per heavy atom. The highest BCUT2D eigenvalue weighted by atomic mass is 32.2. The van der Waals surface area contributed by atoms with Gasteiger partial charge in [-0.1, -0.05) is 29.8 Å². The number of aryl methyl sites for hydroxylation is 1. The van der Waals surface area contributed by atoms with Crippen LogP contribution in [-0.2, 0) is 24.3 Å². The van der Waals surface area contributed by atoms with Crippen molar-refractivity contribution in [1.82, 2.24) is 10.0 Å². The zero-order valence-electron chi connectivity index (χ0n) is 16.5. The average Bonchev–Trinajstić information content (AvgIpc) is 2.72. The second kappa shape index (κ2) is 10.5. The number of benzene rings is 2. The fraction of sp³-hybridized carbons (Fsp3) is 0.250. The molecule has 2 aromatic rings. The molecule has 2 aromatic carbocycles. The molecule has 0 saturated heterocycles. The molecule has 0 spiro atoms. The molecule has 0 atom stereocenters. The first kappa shape index (κ1) is 23.0. The second-order valence-corrected chi connectivity index (χ2v) is 7.97. The molecule has 0 aromatic heterocycles. The Kier molecular flexibility index (Phi) is 8.07. The van der Waals surface area contributed by atoms with E-state index in [1.807, 2.05) is 6.92 Å². The summed E-state index contributed by atoms with van der Waals surface area (Å²) < 4.78 is 36.3. The first-order chi connectivity index (χ1) is 14.2. The summed E-state index contributed by atoms with van der Waals surface area (Å²) in [5, 5.41) is 2.09. The molecule has 2 amide bonds. The van der Waals surface area contributed by atoms with E-state index in [9.17, 15) is 22.8 Å². The molecule has 30 heavy (non-hydrogen) atoms. The number of rotatable bonds is 9. The van der Waals surface area contributed by atoms with Crippen LogP contribution in [0.3, 0.4) is 0 Å². The van der Waals surface area contributed by atoms with Gasteiger partial charge in [0.25, 0.3) is 11.8 Å². The molecule has 0 bridgehead atoms. The van der Waals surface area contributed by atoms with Crippen molar-refractivity contribution in [3.05, 3.63) is 59.7 Å². The number of carbonyl (C=O) groups excluding carboxylic acids is 3. The summed E-state index contributed by atoms with van der Waals surface area (Å²) in [6, 6.07) is 12.6. The molecule has 2 N–H and O–H groups in total. The summed E-state index contributed by atoms with van der Waals surface area (Å²) in [7, 11) is -2.36. The Hall–Kier alpha value is -3.24. The third kappa shape index (κ3) is 6.68. The summed E-state index contributed by atoms with van der Waals surface area (Å²) in [4.78, 5) is 35.7. The Balaban J connectivity index is 1.75. The van der Waals surface area contributed by atoms with Crippen LogP contribution >= 0.6 is 0 Å². The smallest absolute Gasteiger partial charge is 0.307 e. The maximum atomic E-state index is 12.1. The maximum absolute atomic E-state index is 12.1. The van der Waals surface area contributed by atoms with Crippen molar-refractivity contribution in [2.24, 2.45) is 0 Å². The highest BCUT2D eigenvalue weighted by Gasteiger charge is 2.17. The minimum atomic E-state index is -3.75. The molecule has 9 nitrogen and oxygen atoms in total. The lowest BCUT2D eigenvalue weighted by atomic mass is 10.2. The van der Waals surface area contributed by atoms with Crippen molar-refractivity contribution in [3.8, 4) is 5.75 Å². The summed E-state index contributed by atoms with van der Waals surface area (Å²) in [5.74, 6) is -2.01. The van der Waals surface area contributed by atoms with Gasteiger partial charge in [-0.25, -0.2) is 13.1 Å². The topological polar surface area (TPSA) is 128 Å². The van der Waals surface area contributed by atoms with Gasteiger partial charge in [0.1, 0.15) is 5.75 Å². The fourth-order valence-electron chi connectivity index (χ4n) is 2.37. The summed E-state index contributed by atoms with van der Waals surface area (Å²) in [5.41, 5.74) is 1.07. The van der Waals surface area contributed by atoms with Crippen molar-refractivity contribution in [3.63, 3.8) is 0 Å². The molecule has 0 aliphatic heterocycles. The van der Waals surface area contributed by atoms with E-state index >= 15 is 0 Å². The van der Waals surface area contributed by atoms with E-state index in [-0.39, 0.29) is 23.4 Å². The quantitative estimate of drug-likeness (QED) is 0.567. The summed E-state index contributed by atoms with van der Waals surface area (Å²) >= 11 is 0. The lowest BCUT2D eigenvalue weighted by Crippen LogP contribution is -2.34. The SMILES string of the molecule is COc1ccccc1C(=O)NC(=O)COC(=O)CCNS(=O)(=O)c1ccc(C)cc1. The van der Waals surface area contributed by atoms with Gasteiger partial charge in [-0.15, -0.1) is 0 Å². The van der Waals surface area contributed by atoms with Gasteiger partial charge < -0.3 is 9.47 Å². The van der Waals surface area contributed by atoms with Crippen LogP contribution in [0.4, 0.5) is 0 Å². The van der Waals surface area contributed by atoms with Crippen molar-refractivity contribution in [1.29, 1.82) is 0 Å². The summed E-state index contributed by atoms with van der Waals surface area (Å²) in [6.07, 6.45) is -0.279. The van der Waals surface area contributed by atoms with Crippen LogP contribution in [0.1, 0.15) is 22.3 Å². The van der Waals surface area contributed by atoms with Crippen molar-refractivity contribution < 1.29 is 32.3 Å². The molecule has 0 aliphatic rings. The molecule has 0 aliphatic carbocycles. The number of nitrogens with one attached hydrogen (secondary N) is 2. The van der Waals surface area contributed by atoms with Crippen LogP contribution < -0.4 is 14.8 Å². The van der Waals surface area contributed by atoms with Gasteiger partial charge in [-0.05, 0) is 31.2 Å². The molecular formula is C20H22N2O7S. The lowest BCUT2D eigenvalue weighted by Gasteiger charge is -2.09. The molecule has 0 fully saturated rings. The van der Waals surface area contributed by atoms with E-state index in [1.54, 1.807) is 30.3 Å². The normalized spacial score (nSPS) is 10.9. The number of carbonyl (C=O) groups is 3. The lowest BCUT2D eigenvalue weighted by molar-refractivity contribution is -0.148. The Morgan fingerprint density at radius 3 is 2.33 bits per heavy atom. The van der Waals surface area contributed by atoms with E-state index in [1.165, 1.54) is 25.3 Å². The minimum Gasteiger partial charge on any atom is -0.496 e. The van der Waals surface area contributed by atoms with E-state index in [0.29, 0.717) is 5.75 Å². The molecular weight excluding hydrogens is 412 g/mol. The Bertz CT molecular complexity index is 1020. The van der Waals surface area contributed by atoms with Gasteiger partial charge in [0.05, 0.1) is 24.0 Å². The number of imide groups is 1. The van der Waals surface area contributed by atoms with Crippen molar-refractivity contribution in [2.45, 2.75) is 18.2 Å². The van der Waals surface area contributed by atoms with Crippen molar-refractivity contribution >= 4 is 27.8 Å². The standard InChI is InChI=1S/C20H22N2O7S/c1-14-7-9-15(10-8-14)30(26,27)21-12-11-19(24)29-13-18(23)22-20(25)16-5-3-4-6-17(16)28-2/h3-10,21H,11-13H2,1-2H3,(H,22,23,25). The van der Waals surface area contributed by atoms with Crippen LogP contribution in [0.2, 0.25) is 0 Å². The van der Waals surface area contributed by atoms with Gasteiger partial charge in [-0.2, -0.15) is 0 Å². The Morgan fingerprint density at radius 2 is 1.67 bits per heavy atom. The van der Waals surface area contributed by atoms with Crippen LogP contribution in [0.5, 0.6) is 5.75 Å². The van der Waals surface area contributed by atoms with Gasteiger partial charge in [0.15, 0.2) is 6.61 Å². The highest BCUT2D eigenvalue weighted by Crippen LogP contribution is 2.16. The molecule has 2 rings (SSSR count). The second-order valence-electron chi connectivity index (χ2n) is 6.20. The number of hydrogen-bond donors (Lipinski definition) is 2. The van der Waals surface area contributed by atoms with Crippen LogP contribution in [0.25, 0.3) is 0 Å². The van der Waals surface area contributed by atoms with E-state index < -0.39 is 34.4 Å². The molecule has 160 valence electrons. The zero-order valence-corrected chi connectivity index (χ0v) is 17.3. The summed E-state index contributed by atoms with van der Waals surface area (Å²) in [6.45, 7) is 0.959. The van der Waals surface area contributed by atoms with E-state index in [2.05, 4.69) is 10.0 Å². The average molecular weight is 434 g/mol. The molecule has 0 radical (unpaired) electrons. The fourth-order valence-corrected chi connectivity index (χ4v) is 3.40. The van der Waals surface area contributed by atoms with E-state index in [0.717, 1.165) is 5.56 Å². The van der Waals surface area contributed by atoms with Crippen molar-refractivity contribution in [2.75, 3.05) is 20.3 Å². The highest BCUT2D eigenvalue weighted by molar-refractivity contribution is 7.89. The third-order valence-electron chi connectivity index (χ3n) is 3.92. The Labute approximate surface area is 174 Å². The first-order valence-corrected chi connectivity index (χ1v) is 10.4. The minimum absolute atomic E-state index is 0.0793.